The Bertz CT molecular complexity index is 534. The maximum absolute atomic E-state index is 12.0. The van der Waals surface area contributed by atoms with Crippen molar-refractivity contribution in [2.45, 2.75) is 59.0 Å². The zero-order valence-electron chi connectivity index (χ0n) is 14.9. The molecule has 134 valence electrons. The molecule has 3 amide bonds. The van der Waals surface area contributed by atoms with E-state index in [1.54, 1.807) is 18.4 Å². The predicted molar refractivity (Wildman–Crippen MR) is 92.3 cm³/mol. The van der Waals surface area contributed by atoms with Crippen molar-refractivity contribution >= 4 is 11.9 Å². The molecule has 1 heterocycles. The zero-order valence-corrected chi connectivity index (χ0v) is 14.9. The van der Waals surface area contributed by atoms with Crippen molar-refractivity contribution in [3.05, 3.63) is 24.2 Å². The summed E-state index contributed by atoms with van der Waals surface area (Å²) in [6.07, 6.45) is 6.25. The van der Waals surface area contributed by atoms with Crippen LogP contribution in [0.15, 0.2) is 22.8 Å². The number of carbonyl (C=O) groups excluding carboxylic acids is 2. The number of carbonyl (C=O) groups is 2. The minimum absolute atomic E-state index is 0.158. The zero-order chi connectivity index (χ0) is 17.6. The molecule has 2 unspecified atom stereocenters. The molecular weight excluding hydrogens is 306 g/mol. The molecule has 24 heavy (non-hydrogen) atoms. The molecule has 1 aliphatic rings. The fraction of sp³-hybridized carbons (Fsp3) is 0.667. The Morgan fingerprint density at radius 2 is 2.00 bits per heavy atom. The molecule has 0 saturated heterocycles. The summed E-state index contributed by atoms with van der Waals surface area (Å²) in [7, 11) is 0. The first-order valence-electron chi connectivity index (χ1n) is 8.69. The molecule has 3 N–H and O–H groups in total. The van der Waals surface area contributed by atoms with Gasteiger partial charge < -0.3 is 15.1 Å². The van der Waals surface area contributed by atoms with Gasteiger partial charge in [-0.25, -0.2) is 4.79 Å². The van der Waals surface area contributed by atoms with E-state index >= 15 is 0 Å². The summed E-state index contributed by atoms with van der Waals surface area (Å²) in [5, 5.41) is 8.28. The number of hydrogen-bond donors (Lipinski definition) is 3. The maximum Gasteiger partial charge on any atom is 0.321 e. The molecule has 1 aliphatic carbocycles. The lowest BCUT2D eigenvalue weighted by Gasteiger charge is -2.40. The fourth-order valence-electron chi connectivity index (χ4n) is 3.43. The third-order valence-corrected chi connectivity index (χ3v) is 4.66. The molecule has 0 bridgehead atoms. The van der Waals surface area contributed by atoms with Gasteiger partial charge in [0.25, 0.3) is 0 Å². The molecule has 1 fully saturated rings. The molecule has 2 rings (SSSR count). The third-order valence-electron chi connectivity index (χ3n) is 4.66. The topological polar surface area (TPSA) is 83.4 Å². The number of furan rings is 1. The summed E-state index contributed by atoms with van der Waals surface area (Å²) in [5.41, 5.74) is 0.217. The first kappa shape index (κ1) is 18.5. The molecule has 6 heteroatoms. The summed E-state index contributed by atoms with van der Waals surface area (Å²) >= 11 is 0. The van der Waals surface area contributed by atoms with Crippen LogP contribution >= 0.6 is 0 Å². The average molecular weight is 335 g/mol. The van der Waals surface area contributed by atoms with Gasteiger partial charge >= 0.3 is 6.03 Å². The van der Waals surface area contributed by atoms with Crippen LogP contribution in [0.2, 0.25) is 0 Å². The SMILES string of the molecule is CC(C)(C)C1CCCCC1NCC(=O)NC(=O)NCc1ccco1. The van der Waals surface area contributed by atoms with Gasteiger partial charge in [0, 0.05) is 6.04 Å². The first-order chi connectivity index (χ1) is 11.4. The number of hydrogen-bond acceptors (Lipinski definition) is 4. The van der Waals surface area contributed by atoms with Crippen LogP contribution in [0.4, 0.5) is 4.79 Å². The van der Waals surface area contributed by atoms with Gasteiger partial charge in [0.05, 0.1) is 19.4 Å². The Kier molecular flexibility index (Phi) is 6.43. The summed E-state index contributed by atoms with van der Waals surface area (Å²) < 4.78 is 5.12. The first-order valence-corrected chi connectivity index (χ1v) is 8.69. The van der Waals surface area contributed by atoms with Crippen molar-refractivity contribution in [1.82, 2.24) is 16.0 Å². The number of imide groups is 1. The van der Waals surface area contributed by atoms with Gasteiger partial charge in [0.15, 0.2) is 0 Å². The normalized spacial score (nSPS) is 21.3. The Balaban J connectivity index is 1.72. The van der Waals surface area contributed by atoms with E-state index in [1.165, 1.54) is 19.3 Å². The second kappa shape index (κ2) is 8.33. The van der Waals surface area contributed by atoms with Crippen molar-refractivity contribution in [3.8, 4) is 0 Å². The number of urea groups is 1. The van der Waals surface area contributed by atoms with Crippen LogP contribution in [0.25, 0.3) is 0 Å². The lowest BCUT2D eigenvalue weighted by molar-refractivity contribution is -0.119. The van der Waals surface area contributed by atoms with Gasteiger partial charge in [-0.1, -0.05) is 33.6 Å². The molecule has 1 aromatic heterocycles. The van der Waals surface area contributed by atoms with Gasteiger partial charge in [0.2, 0.25) is 5.91 Å². The highest BCUT2D eigenvalue weighted by atomic mass is 16.3. The van der Waals surface area contributed by atoms with Gasteiger partial charge in [0.1, 0.15) is 5.76 Å². The van der Waals surface area contributed by atoms with Crippen LogP contribution in [0.5, 0.6) is 0 Å². The van der Waals surface area contributed by atoms with E-state index in [0.717, 1.165) is 6.42 Å². The monoisotopic (exact) mass is 335 g/mol. The van der Waals surface area contributed by atoms with E-state index in [-0.39, 0.29) is 24.4 Å². The lowest BCUT2D eigenvalue weighted by atomic mass is 9.69. The molecular formula is C18H29N3O3. The van der Waals surface area contributed by atoms with E-state index in [9.17, 15) is 9.59 Å². The van der Waals surface area contributed by atoms with E-state index in [0.29, 0.717) is 17.7 Å². The molecule has 6 nitrogen and oxygen atoms in total. The van der Waals surface area contributed by atoms with Crippen molar-refractivity contribution in [2.75, 3.05) is 6.54 Å². The van der Waals surface area contributed by atoms with Crippen molar-refractivity contribution in [2.24, 2.45) is 11.3 Å². The van der Waals surface area contributed by atoms with Crippen molar-refractivity contribution < 1.29 is 14.0 Å². The highest BCUT2D eigenvalue weighted by Crippen LogP contribution is 2.37. The Hall–Kier alpha value is -1.82. The lowest BCUT2D eigenvalue weighted by Crippen LogP contribution is -2.49. The Morgan fingerprint density at radius 1 is 1.25 bits per heavy atom. The van der Waals surface area contributed by atoms with Crippen LogP contribution in [0.1, 0.15) is 52.2 Å². The highest BCUT2D eigenvalue weighted by molar-refractivity contribution is 5.95. The predicted octanol–water partition coefficient (Wildman–Crippen LogP) is 2.80. The second-order valence-electron chi connectivity index (χ2n) is 7.55. The molecule has 0 spiro atoms. The number of nitrogens with one attached hydrogen (secondary N) is 3. The molecule has 2 atom stereocenters. The van der Waals surface area contributed by atoms with E-state index in [4.69, 9.17) is 4.42 Å². The smallest absolute Gasteiger partial charge is 0.321 e. The van der Waals surface area contributed by atoms with Crippen molar-refractivity contribution in [1.29, 1.82) is 0 Å². The number of rotatable bonds is 5. The molecule has 1 aromatic rings. The number of amides is 3. The fourth-order valence-corrected chi connectivity index (χ4v) is 3.43. The van der Waals surface area contributed by atoms with E-state index in [1.807, 2.05) is 0 Å². The summed E-state index contributed by atoms with van der Waals surface area (Å²) in [6, 6.07) is 3.34. The van der Waals surface area contributed by atoms with Gasteiger partial charge in [-0.2, -0.15) is 0 Å². The van der Waals surface area contributed by atoms with Gasteiger partial charge in [-0.15, -0.1) is 0 Å². The van der Waals surface area contributed by atoms with Gasteiger partial charge in [-0.05, 0) is 36.3 Å². The molecule has 0 aliphatic heterocycles. The standard InChI is InChI=1S/C18H29N3O3/c1-18(2,3)14-8-4-5-9-15(14)19-12-16(22)21-17(23)20-11-13-7-6-10-24-13/h6-7,10,14-15,19H,4-5,8-9,11-12H2,1-3H3,(H2,20,21,22,23). The van der Waals surface area contributed by atoms with Crippen LogP contribution in [0, 0.1) is 11.3 Å². The highest BCUT2D eigenvalue weighted by Gasteiger charge is 2.33. The minimum Gasteiger partial charge on any atom is -0.467 e. The molecule has 0 radical (unpaired) electrons. The Labute approximate surface area is 143 Å². The van der Waals surface area contributed by atoms with Crippen LogP contribution in [0.3, 0.4) is 0 Å². The van der Waals surface area contributed by atoms with Gasteiger partial charge in [-0.3, -0.25) is 10.1 Å². The second-order valence-corrected chi connectivity index (χ2v) is 7.55. The summed E-state index contributed by atoms with van der Waals surface area (Å²) in [6.45, 7) is 7.17. The van der Waals surface area contributed by atoms with Crippen LogP contribution in [-0.4, -0.2) is 24.5 Å². The summed E-state index contributed by atoms with van der Waals surface area (Å²) in [5.74, 6) is 0.878. The average Bonchev–Trinajstić information content (AvgIpc) is 3.04. The largest absolute Gasteiger partial charge is 0.467 e. The Morgan fingerprint density at radius 3 is 2.67 bits per heavy atom. The van der Waals surface area contributed by atoms with E-state index < -0.39 is 6.03 Å². The maximum atomic E-state index is 12.0. The quantitative estimate of drug-likeness (QED) is 0.772. The van der Waals surface area contributed by atoms with Crippen LogP contribution < -0.4 is 16.0 Å². The summed E-state index contributed by atoms with van der Waals surface area (Å²) in [4.78, 5) is 23.7. The van der Waals surface area contributed by atoms with Crippen molar-refractivity contribution in [3.63, 3.8) is 0 Å². The third kappa shape index (κ3) is 5.67. The van der Waals surface area contributed by atoms with E-state index in [2.05, 4.69) is 36.7 Å². The molecule has 0 aromatic carbocycles. The van der Waals surface area contributed by atoms with Crippen LogP contribution in [-0.2, 0) is 11.3 Å². The minimum atomic E-state index is -0.505. The molecule has 1 saturated carbocycles.